The van der Waals surface area contributed by atoms with Gasteiger partial charge in [-0.1, -0.05) is 23.7 Å². The molecule has 0 aliphatic rings. The zero-order valence-electron chi connectivity index (χ0n) is 12.0. The molecule has 2 nitrogen and oxygen atoms in total. The summed E-state index contributed by atoms with van der Waals surface area (Å²) < 4.78 is 15.0. The smallest absolute Gasteiger partial charge is 0.194 e. The van der Waals surface area contributed by atoms with Gasteiger partial charge in [-0.15, -0.1) is 11.3 Å². The molecule has 0 radical (unpaired) electrons. The van der Waals surface area contributed by atoms with Gasteiger partial charge in [0, 0.05) is 34.3 Å². The van der Waals surface area contributed by atoms with E-state index in [9.17, 15) is 4.39 Å². The third kappa shape index (κ3) is 3.00. The maximum absolute atomic E-state index is 13.0. The van der Waals surface area contributed by atoms with Crippen LogP contribution in [-0.2, 0) is 6.42 Å². The van der Waals surface area contributed by atoms with Gasteiger partial charge < -0.3 is 0 Å². The summed E-state index contributed by atoms with van der Waals surface area (Å²) >= 11 is 7.68. The van der Waals surface area contributed by atoms with E-state index in [1.807, 2.05) is 28.8 Å². The van der Waals surface area contributed by atoms with Crippen LogP contribution in [0.2, 0.25) is 5.02 Å². The van der Waals surface area contributed by atoms with Crippen molar-refractivity contribution < 1.29 is 4.39 Å². The molecule has 0 N–H and O–H groups in total. The number of halogens is 2. The molecule has 5 heteroatoms. The summed E-state index contributed by atoms with van der Waals surface area (Å²) in [4.78, 5) is 6.78. The number of benzene rings is 2. The van der Waals surface area contributed by atoms with E-state index in [1.165, 1.54) is 22.6 Å². The van der Waals surface area contributed by atoms with Crippen molar-refractivity contribution in [2.75, 3.05) is 0 Å². The molecular formula is C18H12ClFN2S. The van der Waals surface area contributed by atoms with Crippen molar-refractivity contribution in [2.24, 2.45) is 0 Å². The Morgan fingerprint density at radius 1 is 1.09 bits per heavy atom. The van der Waals surface area contributed by atoms with Gasteiger partial charge in [0.05, 0.1) is 5.69 Å². The highest BCUT2D eigenvalue weighted by atomic mass is 35.5. The molecular weight excluding hydrogens is 331 g/mol. The molecule has 0 unspecified atom stereocenters. The normalized spacial score (nSPS) is 11.2. The molecule has 0 fully saturated rings. The van der Waals surface area contributed by atoms with Gasteiger partial charge in [-0.3, -0.25) is 4.40 Å². The van der Waals surface area contributed by atoms with Crippen LogP contribution in [0.3, 0.4) is 0 Å². The maximum atomic E-state index is 13.0. The van der Waals surface area contributed by atoms with Crippen LogP contribution in [0.15, 0.2) is 60.9 Å². The van der Waals surface area contributed by atoms with Crippen molar-refractivity contribution in [3.8, 4) is 11.3 Å². The zero-order chi connectivity index (χ0) is 15.8. The zero-order valence-corrected chi connectivity index (χ0v) is 13.6. The van der Waals surface area contributed by atoms with Crippen LogP contribution in [0.4, 0.5) is 4.39 Å². The predicted molar refractivity (Wildman–Crippen MR) is 92.7 cm³/mol. The summed E-state index contributed by atoms with van der Waals surface area (Å²) in [6.07, 6.45) is 4.89. The molecule has 114 valence electrons. The number of fused-ring (bicyclic) bond motifs is 1. The van der Waals surface area contributed by atoms with E-state index in [2.05, 4.69) is 17.2 Å². The summed E-state index contributed by atoms with van der Waals surface area (Å²) in [6, 6.07) is 14.3. The summed E-state index contributed by atoms with van der Waals surface area (Å²) in [5.74, 6) is -0.237. The molecule has 2 aromatic heterocycles. The molecule has 4 aromatic rings. The summed E-state index contributed by atoms with van der Waals surface area (Å²) in [5.41, 5.74) is 2.95. The number of thiazole rings is 1. The van der Waals surface area contributed by atoms with Crippen LogP contribution >= 0.6 is 22.9 Å². The Balaban J connectivity index is 1.62. The SMILES string of the molecule is Fc1ccc(-c2cn3cc(Cc4cccc(Cl)c4)sc3n2)cc1. The molecule has 0 saturated carbocycles. The van der Waals surface area contributed by atoms with Crippen LogP contribution in [0.25, 0.3) is 16.2 Å². The first-order valence-electron chi connectivity index (χ1n) is 7.15. The standard InChI is InChI=1S/C18H12ClFN2S/c19-14-3-1-2-12(8-14)9-16-10-22-11-17(21-18(22)23-16)13-4-6-15(20)7-5-13/h1-8,10-11H,9H2. The Hall–Kier alpha value is -2.17. The molecule has 2 aromatic carbocycles. The van der Waals surface area contributed by atoms with Crippen molar-refractivity contribution in [3.63, 3.8) is 0 Å². The molecule has 0 atom stereocenters. The van der Waals surface area contributed by atoms with Crippen molar-refractivity contribution >= 4 is 27.9 Å². The van der Waals surface area contributed by atoms with Gasteiger partial charge in [-0.05, 0) is 42.0 Å². The molecule has 0 aliphatic heterocycles. The van der Waals surface area contributed by atoms with E-state index >= 15 is 0 Å². The Morgan fingerprint density at radius 2 is 1.91 bits per heavy atom. The minimum atomic E-state index is -0.237. The molecule has 0 amide bonds. The summed E-state index contributed by atoms with van der Waals surface area (Å²) in [7, 11) is 0. The lowest BCUT2D eigenvalue weighted by Crippen LogP contribution is -1.84. The first-order valence-corrected chi connectivity index (χ1v) is 8.35. The topological polar surface area (TPSA) is 17.3 Å². The van der Waals surface area contributed by atoms with Gasteiger partial charge in [0.1, 0.15) is 5.82 Å². The third-order valence-corrected chi connectivity index (χ3v) is 4.84. The number of aromatic nitrogens is 2. The van der Waals surface area contributed by atoms with E-state index < -0.39 is 0 Å². The lowest BCUT2D eigenvalue weighted by molar-refractivity contribution is 0.628. The van der Waals surface area contributed by atoms with Gasteiger partial charge >= 0.3 is 0 Å². The highest BCUT2D eigenvalue weighted by Crippen LogP contribution is 2.26. The molecule has 0 aliphatic carbocycles. The number of hydrogen-bond donors (Lipinski definition) is 0. The average Bonchev–Trinajstić information content (AvgIpc) is 3.06. The fourth-order valence-corrected chi connectivity index (χ4v) is 3.74. The van der Waals surface area contributed by atoms with E-state index in [0.29, 0.717) is 0 Å². The summed E-state index contributed by atoms with van der Waals surface area (Å²) in [6.45, 7) is 0. The molecule has 4 rings (SSSR count). The fraction of sp³-hybridized carbons (Fsp3) is 0.0556. The van der Waals surface area contributed by atoms with E-state index in [4.69, 9.17) is 11.6 Å². The van der Waals surface area contributed by atoms with Crippen molar-refractivity contribution in [3.05, 3.63) is 82.2 Å². The van der Waals surface area contributed by atoms with Gasteiger partial charge in [0.2, 0.25) is 0 Å². The lowest BCUT2D eigenvalue weighted by atomic mass is 10.1. The van der Waals surface area contributed by atoms with Gasteiger partial charge in [-0.2, -0.15) is 0 Å². The van der Waals surface area contributed by atoms with Crippen LogP contribution in [0.5, 0.6) is 0 Å². The van der Waals surface area contributed by atoms with Gasteiger partial charge in [0.25, 0.3) is 0 Å². The Bertz CT molecular complexity index is 941. The number of nitrogens with zero attached hydrogens (tertiary/aromatic N) is 2. The van der Waals surface area contributed by atoms with Crippen LogP contribution in [0, 0.1) is 5.82 Å². The second-order valence-electron chi connectivity index (χ2n) is 5.33. The predicted octanol–water partition coefficient (Wildman–Crippen LogP) is 5.45. The summed E-state index contributed by atoms with van der Waals surface area (Å²) in [5, 5.41) is 0.752. The first kappa shape index (κ1) is 14.4. The number of rotatable bonds is 3. The largest absolute Gasteiger partial charge is 0.297 e. The molecule has 2 heterocycles. The highest BCUT2D eigenvalue weighted by molar-refractivity contribution is 7.17. The third-order valence-electron chi connectivity index (χ3n) is 3.61. The fourth-order valence-electron chi connectivity index (χ4n) is 2.53. The van der Waals surface area contributed by atoms with Crippen molar-refractivity contribution in [1.29, 1.82) is 0 Å². The Labute approximate surface area is 141 Å². The maximum Gasteiger partial charge on any atom is 0.194 e. The van der Waals surface area contributed by atoms with Gasteiger partial charge in [-0.25, -0.2) is 9.37 Å². The minimum absolute atomic E-state index is 0.237. The van der Waals surface area contributed by atoms with E-state index in [0.717, 1.165) is 27.7 Å². The lowest BCUT2D eigenvalue weighted by Gasteiger charge is -1.98. The van der Waals surface area contributed by atoms with Crippen molar-refractivity contribution in [1.82, 2.24) is 9.38 Å². The monoisotopic (exact) mass is 342 g/mol. The highest BCUT2D eigenvalue weighted by Gasteiger charge is 2.09. The van der Waals surface area contributed by atoms with Gasteiger partial charge in [0.15, 0.2) is 4.96 Å². The minimum Gasteiger partial charge on any atom is -0.297 e. The van der Waals surface area contributed by atoms with Crippen molar-refractivity contribution in [2.45, 2.75) is 6.42 Å². The van der Waals surface area contributed by atoms with Crippen LogP contribution < -0.4 is 0 Å². The van der Waals surface area contributed by atoms with Crippen LogP contribution in [-0.4, -0.2) is 9.38 Å². The Morgan fingerprint density at radius 3 is 2.65 bits per heavy atom. The molecule has 0 saturated heterocycles. The quantitative estimate of drug-likeness (QED) is 0.484. The first-order chi connectivity index (χ1) is 11.2. The molecule has 23 heavy (non-hydrogen) atoms. The molecule has 0 bridgehead atoms. The number of hydrogen-bond acceptors (Lipinski definition) is 2. The van der Waals surface area contributed by atoms with E-state index in [1.54, 1.807) is 23.5 Å². The average molecular weight is 343 g/mol. The number of imidazole rings is 1. The van der Waals surface area contributed by atoms with E-state index in [-0.39, 0.29) is 5.82 Å². The Kier molecular flexibility index (Phi) is 3.63. The molecule has 0 spiro atoms. The second-order valence-corrected chi connectivity index (χ2v) is 6.86. The van der Waals surface area contributed by atoms with Crippen LogP contribution in [0.1, 0.15) is 10.4 Å². The second kappa shape index (κ2) is 5.80.